The topological polar surface area (TPSA) is 35.2 Å². The Hall–Kier alpha value is -0.190. The predicted octanol–water partition coefficient (Wildman–Crippen LogP) is 4.21. The van der Waals surface area contributed by atoms with Crippen LogP contribution in [0.5, 0.6) is 5.75 Å². The molecule has 0 amide bonds. The maximum atomic E-state index is 5.83. The highest BCUT2D eigenvalue weighted by molar-refractivity contribution is 9.10. The van der Waals surface area contributed by atoms with Crippen LogP contribution in [0.2, 0.25) is 0 Å². The van der Waals surface area contributed by atoms with Crippen LogP contribution in [0.4, 0.5) is 0 Å². The van der Waals surface area contributed by atoms with Crippen molar-refractivity contribution in [3.63, 3.8) is 0 Å². The van der Waals surface area contributed by atoms with Crippen LogP contribution >= 0.6 is 27.7 Å². The second kappa shape index (κ2) is 9.70. The van der Waals surface area contributed by atoms with Crippen molar-refractivity contribution in [2.24, 2.45) is 5.73 Å². The van der Waals surface area contributed by atoms with Gasteiger partial charge in [-0.1, -0.05) is 29.3 Å². The highest BCUT2D eigenvalue weighted by atomic mass is 79.9. The highest BCUT2D eigenvalue weighted by Crippen LogP contribution is 2.27. The van der Waals surface area contributed by atoms with E-state index in [2.05, 4.69) is 35.0 Å². The number of benzene rings is 1. The average molecular weight is 332 g/mol. The summed E-state index contributed by atoms with van der Waals surface area (Å²) < 4.78 is 6.94. The molecule has 2 N–H and O–H groups in total. The van der Waals surface area contributed by atoms with E-state index in [-0.39, 0.29) is 0 Å². The maximum Gasteiger partial charge on any atom is 0.123 e. The molecule has 1 aromatic rings. The van der Waals surface area contributed by atoms with Crippen LogP contribution in [-0.2, 0) is 5.75 Å². The molecule has 0 bridgehead atoms. The van der Waals surface area contributed by atoms with Crippen LogP contribution in [0.1, 0.15) is 31.7 Å². The Morgan fingerprint density at radius 2 is 2.17 bits per heavy atom. The normalized spacial score (nSPS) is 10.6. The van der Waals surface area contributed by atoms with Gasteiger partial charge in [0.2, 0.25) is 0 Å². The lowest BCUT2D eigenvalue weighted by Gasteiger charge is -2.11. The minimum Gasteiger partial charge on any atom is -0.493 e. The molecule has 102 valence electrons. The SMILES string of the molecule is CCCCOc1ccc(Br)cc1CSCCCN. The molecule has 2 nitrogen and oxygen atoms in total. The quantitative estimate of drug-likeness (QED) is 0.688. The third kappa shape index (κ3) is 6.12. The first kappa shape index (κ1) is 15.9. The fourth-order valence-corrected chi connectivity index (χ4v) is 2.86. The average Bonchev–Trinajstić information content (AvgIpc) is 2.37. The van der Waals surface area contributed by atoms with E-state index >= 15 is 0 Å². The predicted molar refractivity (Wildman–Crippen MR) is 84.4 cm³/mol. The second-order valence-electron chi connectivity index (χ2n) is 4.15. The smallest absolute Gasteiger partial charge is 0.123 e. The molecular weight excluding hydrogens is 310 g/mol. The van der Waals surface area contributed by atoms with Gasteiger partial charge in [-0.05, 0) is 43.3 Å². The van der Waals surface area contributed by atoms with Gasteiger partial charge in [-0.15, -0.1) is 0 Å². The van der Waals surface area contributed by atoms with Gasteiger partial charge < -0.3 is 10.5 Å². The minimum absolute atomic E-state index is 0.769. The van der Waals surface area contributed by atoms with Gasteiger partial charge in [0.15, 0.2) is 0 Å². The highest BCUT2D eigenvalue weighted by Gasteiger charge is 2.05. The van der Waals surface area contributed by atoms with Gasteiger partial charge in [0.25, 0.3) is 0 Å². The van der Waals surface area contributed by atoms with E-state index in [1.807, 2.05) is 17.8 Å². The van der Waals surface area contributed by atoms with Crippen molar-refractivity contribution < 1.29 is 4.74 Å². The van der Waals surface area contributed by atoms with Crippen molar-refractivity contribution in [1.82, 2.24) is 0 Å². The molecule has 0 heterocycles. The molecule has 0 aliphatic heterocycles. The lowest BCUT2D eigenvalue weighted by molar-refractivity contribution is 0.307. The van der Waals surface area contributed by atoms with Crippen LogP contribution in [0.25, 0.3) is 0 Å². The Morgan fingerprint density at radius 3 is 2.89 bits per heavy atom. The van der Waals surface area contributed by atoms with Gasteiger partial charge in [-0.25, -0.2) is 0 Å². The number of unbranched alkanes of at least 4 members (excludes halogenated alkanes) is 1. The Kier molecular flexibility index (Phi) is 8.55. The molecule has 0 aliphatic carbocycles. The third-order valence-electron chi connectivity index (χ3n) is 2.53. The summed E-state index contributed by atoms with van der Waals surface area (Å²) in [4.78, 5) is 0. The monoisotopic (exact) mass is 331 g/mol. The zero-order chi connectivity index (χ0) is 13.2. The summed E-state index contributed by atoms with van der Waals surface area (Å²) in [6, 6.07) is 6.24. The number of ether oxygens (including phenoxy) is 1. The summed E-state index contributed by atoms with van der Waals surface area (Å²) in [5, 5.41) is 0. The van der Waals surface area contributed by atoms with Gasteiger partial charge in [0.05, 0.1) is 6.61 Å². The molecular formula is C14H22BrNOS. The fourth-order valence-electron chi connectivity index (χ4n) is 1.50. The van der Waals surface area contributed by atoms with E-state index in [0.717, 1.165) is 54.1 Å². The molecule has 0 spiro atoms. The minimum atomic E-state index is 0.769. The van der Waals surface area contributed by atoms with Crippen molar-refractivity contribution in [3.05, 3.63) is 28.2 Å². The number of hydrogen-bond acceptors (Lipinski definition) is 3. The molecule has 1 aromatic carbocycles. The summed E-state index contributed by atoms with van der Waals surface area (Å²) in [6.07, 6.45) is 3.34. The Labute approximate surface area is 123 Å². The molecule has 0 aromatic heterocycles. The van der Waals surface area contributed by atoms with Gasteiger partial charge in [-0.2, -0.15) is 11.8 Å². The van der Waals surface area contributed by atoms with Crippen LogP contribution in [0, 0.1) is 0 Å². The Morgan fingerprint density at radius 1 is 1.33 bits per heavy atom. The van der Waals surface area contributed by atoms with E-state index in [9.17, 15) is 0 Å². The van der Waals surface area contributed by atoms with E-state index < -0.39 is 0 Å². The Balaban J connectivity index is 2.53. The first-order valence-corrected chi connectivity index (χ1v) is 8.41. The van der Waals surface area contributed by atoms with E-state index in [0.29, 0.717) is 0 Å². The van der Waals surface area contributed by atoms with Gasteiger partial charge in [0.1, 0.15) is 5.75 Å². The molecule has 1 rings (SSSR count). The van der Waals surface area contributed by atoms with Crippen molar-refractivity contribution in [3.8, 4) is 5.75 Å². The lowest BCUT2D eigenvalue weighted by atomic mass is 10.2. The van der Waals surface area contributed by atoms with Crippen molar-refractivity contribution in [2.75, 3.05) is 18.9 Å². The number of thioether (sulfide) groups is 1. The molecule has 0 atom stereocenters. The van der Waals surface area contributed by atoms with Crippen molar-refractivity contribution in [1.29, 1.82) is 0 Å². The first-order chi connectivity index (χ1) is 8.77. The number of rotatable bonds is 9. The summed E-state index contributed by atoms with van der Waals surface area (Å²) >= 11 is 5.43. The summed E-state index contributed by atoms with van der Waals surface area (Å²) in [5.74, 6) is 3.12. The van der Waals surface area contributed by atoms with Crippen LogP contribution in [0.15, 0.2) is 22.7 Å². The van der Waals surface area contributed by atoms with E-state index in [1.165, 1.54) is 5.56 Å². The standard InChI is InChI=1S/C14H22BrNOS/c1-2-3-8-17-14-6-5-13(15)10-12(14)11-18-9-4-7-16/h5-6,10H,2-4,7-9,11,16H2,1H3. The zero-order valence-corrected chi connectivity index (χ0v) is 13.4. The first-order valence-electron chi connectivity index (χ1n) is 6.47. The largest absolute Gasteiger partial charge is 0.493 e. The van der Waals surface area contributed by atoms with Crippen LogP contribution in [-0.4, -0.2) is 18.9 Å². The van der Waals surface area contributed by atoms with Gasteiger partial charge in [0, 0.05) is 15.8 Å². The molecule has 0 fully saturated rings. The maximum absolute atomic E-state index is 5.83. The molecule has 0 saturated heterocycles. The number of halogens is 1. The van der Waals surface area contributed by atoms with Gasteiger partial charge >= 0.3 is 0 Å². The molecule has 18 heavy (non-hydrogen) atoms. The zero-order valence-electron chi connectivity index (χ0n) is 11.0. The Bertz CT molecular complexity index is 347. The third-order valence-corrected chi connectivity index (χ3v) is 4.11. The van der Waals surface area contributed by atoms with E-state index in [1.54, 1.807) is 0 Å². The summed E-state index contributed by atoms with van der Waals surface area (Å²) in [6.45, 7) is 3.75. The number of hydrogen-bond donors (Lipinski definition) is 1. The van der Waals surface area contributed by atoms with Crippen LogP contribution in [0.3, 0.4) is 0 Å². The lowest BCUT2D eigenvalue weighted by Crippen LogP contribution is -2.01. The summed E-state index contributed by atoms with van der Waals surface area (Å²) in [5.41, 5.74) is 6.76. The molecule has 0 unspecified atom stereocenters. The molecule has 0 saturated carbocycles. The molecule has 0 aliphatic rings. The molecule has 0 radical (unpaired) electrons. The van der Waals surface area contributed by atoms with E-state index in [4.69, 9.17) is 10.5 Å². The van der Waals surface area contributed by atoms with Crippen molar-refractivity contribution >= 4 is 27.7 Å². The van der Waals surface area contributed by atoms with Gasteiger partial charge in [-0.3, -0.25) is 0 Å². The summed E-state index contributed by atoms with van der Waals surface area (Å²) in [7, 11) is 0. The second-order valence-corrected chi connectivity index (χ2v) is 6.17. The van der Waals surface area contributed by atoms with Crippen molar-refractivity contribution in [2.45, 2.75) is 31.9 Å². The fraction of sp³-hybridized carbons (Fsp3) is 0.571. The number of nitrogens with two attached hydrogens (primary N) is 1. The molecule has 4 heteroatoms. The van der Waals surface area contributed by atoms with Crippen LogP contribution < -0.4 is 10.5 Å².